The van der Waals surface area contributed by atoms with E-state index in [1.54, 1.807) is 19.1 Å². The second-order valence-corrected chi connectivity index (χ2v) is 3.83. The fourth-order valence-electron chi connectivity index (χ4n) is 1.50. The third kappa shape index (κ3) is 3.13. The molecule has 1 aromatic carbocycles. The van der Waals surface area contributed by atoms with Gasteiger partial charge >= 0.3 is 5.97 Å². The Hall–Kier alpha value is -2.24. The van der Waals surface area contributed by atoms with Crippen LogP contribution in [0.1, 0.15) is 24.2 Å². The normalized spacial score (nSPS) is 11.7. The molecule has 1 aromatic rings. The molecule has 0 aliphatic rings. The Labute approximate surface area is 105 Å². The first kappa shape index (κ1) is 13.8. The van der Waals surface area contributed by atoms with Crippen molar-refractivity contribution in [3.8, 4) is 0 Å². The van der Waals surface area contributed by atoms with Gasteiger partial charge in [-0.2, -0.15) is 0 Å². The average Bonchev–Trinajstić information content (AvgIpc) is 2.31. The third-order valence-electron chi connectivity index (χ3n) is 2.45. The highest BCUT2D eigenvalue weighted by Gasteiger charge is 2.15. The van der Waals surface area contributed by atoms with E-state index in [1.165, 1.54) is 6.07 Å². The second-order valence-electron chi connectivity index (χ2n) is 3.83. The topological polar surface area (TPSA) is 104 Å². The van der Waals surface area contributed by atoms with E-state index in [4.69, 9.17) is 10.8 Å². The van der Waals surface area contributed by atoms with Gasteiger partial charge in [0.15, 0.2) is 0 Å². The van der Waals surface area contributed by atoms with Gasteiger partial charge in [0.1, 0.15) is 6.04 Å². The van der Waals surface area contributed by atoms with Gasteiger partial charge in [-0.15, -0.1) is 0 Å². The van der Waals surface area contributed by atoms with Crippen LogP contribution in [0.25, 0.3) is 0 Å². The van der Waals surface area contributed by atoms with Crippen molar-refractivity contribution in [1.29, 1.82) is 0 Å². The number of carboxylic acid groups (broad SMARTS) is 1. The summed E-state index contributed by atoms with van der Waals surface area (Å²) in [4.78, 5) is 22.5. The number of aromatic carboxylic acids is 1. The lowest BCUT2D eigenvalue weighted by Gasteiger charge is -2.16. The Kier molecular flexibility index (Phi) is 4.53. The summed E-state index contributed by atoms with van der Waals surface area (Å²) in [6.45, 7) is 4.04. The number of nitrogen functional groups attached to an aromatic ring is 1. The molecule has 18 heavy (non-hydrogen) atoms. The molecule has 5 N–H and O–H groups in total. The van der Waals surface area contributed by atoms with Crippen molar-refractivity contribution in [2.75, 3.05) is 17.6 Å². The van der Waals surface area contributed by atoms with E-state index < -0.39 is 12.0 Å². The number of nitrogens with two attached hydrogens (primary N) is 1. The molecule has 1 rings (SSSR count). The van der Waals surface area contributed by atoms with Crippen LogP contribution in [0.4, 0.5) is 11.4 Å². The number of hydrogen-bond acceptors (Lipinski definition) is 4. The summed E-state index contributed by atoms with van der Waals surface area (Å²) in [5, 5.41) is 14.5. The van der Waals surface area contributed by atoms with Crippen LogP contribution in [0.2, 0.25) is 0 Å². The molecule has 1 atom stereocenters. The molecule has 0 spiro atoms. The summed E-state index contributed by atoms with van der Waals surface area (Å²) in [7, 11) is 0. The zero-order valence-electron chi connectivity index (χ0n) is 10.4. The predicted molar refractivity (Wildman–Crippen MR) is 69.6 cm³/mol. The lowest BCUT2D eigenvalue weighted by molar-refractivity contribution is -0.121. The fourth-order valence-corrected chi connectivity index (χ4v) is 1.50. The van der Waals surface area contributed by atoms with Gasteiger partial charge in [0.05, 0.1) is 16.9 Å². The Bertz CT molecular complexity index is 460. The Morgan fingerprint density at radius 1 is 1.44 bits per heavy atom. The van der Waals surface area contributed by atoms with Crippen LogP contribution in [0, 0.1) is 0 Å². The lowest BCUT2D eigenvalue weighted by Crippen LogP contribution is -2.37. The minimum atomic E-state index is -1.10. The fraction of sp³-hybridized carbons (Fsp3) is 0.333. The van der Waals surface area contributed by atoms with Crippen molar-refractivity contribution in [3.05, 3.63) is 23.8 Å². The van der Waals surface area contributed by atoms with E-state index in [1.807, 2.05) is 6.92 Å². The van der Waals surface area contributed by atoms with Gasteiger partial charge in [0.2, 0.25) is 5.91 Å². The predicted octanol–water partition coefficient (Wildman–Crippen LogP) is 0.903. The molecule has 0 saturated heterocycles. The molecular formula is C12H17N3O3. The zero-order valence-corrected chi connectivity index (χ0v) is 10.4. The number of rotatable bonds is 5. The van der Waals surface area contributed by atoms with Gasteiger partial charge in [-0.3, -0.25) is 4.79 Å². The van der Waals surface area contributed by atoms with Crippen LogP contribution < -0.4 is 16.4 Å². The number of carbonyl (C=O) groups is 2. The number of benzene rings is 1. The Morgan fingerprint density at radius 3 is 2.67 bits per heavy atom. The summed E-state index contributed by atoms with van der Waals surface area (Å²) < 4.78 is 0. The molecule has 6 nitrogen and oxygen atoms in total. The number of likely N-dealkylation sites (N-methyl/N-ethyl adjacent to an activating group) is 1. The van der Waals surface area contributed by atoms with Crippen molar-refractivity contribution < 1.29 is 14.7 Å². The van der Waals surface area contributed by atoms with Gasteiger partial charge in [-0.25, -0.2) is 4.79 Å². The van der Waals surface area contributed by atoms with E-state index in [0.717, 1.165) is 0 Å². The van der Waals surface area contributed by atoms with Crippen LogP contribution in [0.15, 0.2) is 18.2 Å². The number of carboxylic acids is 1. The van der Waals surface area contributed by atoms with E-state index in [0.29, 0.717) is 12.2 Å². The molecule has 0 radical (unpaired) electrons. The summed E-state index contributed by atoms with van der Waals surface area (Å²) in [6, 6.07) is 4.14. The van der Waals surface area contributed by atoms with Crippen molar-refractivity contribution in [2.45, 2.75) is 19.9 Å². The maximum absolute atomic E-state index is 11.5. The number of amides is 1. The van der Waals surface area contributed by atoms with Gasteiger partial charge in [-0.05, 0) is 26.0 Å². The van der Waals surface area contributed by atoms with Gasteiger partial charge < -0.3 is 21.5 Å². The first-order valence-electron chi connectivity index (χ1n) is 5.63. The highest BCUT2D eigenvalue weighted by atomic mass is 16.4. The van der Waals surface area contributed by atoms with Gasteiger partial charge in [0.25, 0.3) is 0 Å². The van der Waals surface area contributed by atoms with E-state index in [-0.39, 0.29) is 17.2 Å². The monoisotopic (exact) mass is 251 g/mol. The minimum absolute atomic E-state index is 0.0168. The van der Waals surface area contributed by atoms with Crippen LogP contribution in [0.5, 0.6) is 0 Å². The van der Waals surface area contributed by atoms with Crippen molar-refractivity contribution in [3.63, 3.8) is 0 Å². The first-order chi connectivity index (χ1) is 8.47. The van der Waals surface area contributed by atoms with Crippen molar-refractivity contribution in [1.82, 2.24) is 5.32 Å². The van der Waals surface area contributed by atoms with Crippen LogP contribution in [0.3, 0.4) is 0 Å². The molecule has 98 valence electrons. The van der Waals surface area contributed by atoms with E-state index in [2.05, 4.69) is 10.6 Å². The molecule has 0 aliphatic carbocycles. The highest BCUT2D eigenvalue weighted by molar-refractivity contribution is 5.97. The summed E-state index contributed by atoms with van der Waals surface area (Å²) >= 11 is 0. The molecule has 0 bridgehead atoms. The largest absolute Gasteiger partial charge is 0.478 e. The first-order valence-corrected chi connectivity index (χ1v) is 5.63. The summed E-state index contributed by atoms with van der Waals surface area (Å²) in [5.74, 6) is -1.26. The molecule has 6 heteroatoms. The molecular weight excluding hydrogens is 234 g/mol. The van der Waals surface area contributed by atoms with Gasteiger partial charge in [0, 0.05) is 6.54 Å². The number of carbonyl (C=O) groups excluding carboxylic acids is 1. The van der Waals surface area contributed by atoms with E-state index in [9.17, 15) is 9.59 Å². The molecule has 0 fully saturated rings. The van der Waals surface area contributed by atoms with Crippen molar-refractivity contribution in [2.24, 2.45) is 0 Å². The SMILES string of the molecule is CCNC(=O)C(C)Nc1cccc(C(=O)O)c1N. The van der Waals surface area contributed by atoms with Crippen molar-refractivity contribution >= 4 is 23.3 Å². The standard InChI is InChI=1S/C12H17N3O3/c1-3-14-11(16)7(2)15-9-6-4-5-8(10(9)13)12(17)18/h4-7,15H,3,13H2,1-2H3,(H,14,16)(H,17,18). The number of para-hydroxylation sites is 1. The smallest absolute Gasteiger partial charge is 0.337 e. The molecule has 0 aromatic heterocycles. The molecule has 1 amide bonds. The lowest BCUT2D eigenvalue weighted by atomic mass is 10.1. The Balaban J connectivity index is 2.88. The van der Waals surface area contributed by atoms with Gasteiger partial charge in [-0.1, -0.05) is 6.07 Å². The minimum Gasteiger partial charge on any atom is -0.478 e. The van der Waals surface area contributed by atoms with Crippen LogP contribution in [-0.2, 0) is 4.79 Å². The van der Waals surface area contributed by atoms with Crippen LogP contribution >= 0.6 is 0 Å². The highest BCUT2D eigenvalue weighted by Crippen LogP contribution is 2.23. The summed E-state index contributed by atoms with van der Waals surface area (Å²) in [5.41, 5.74) is 6.31. The summed E-state index contributed by atoms with van der Waals surface area (Å²) in [6.07, 6.45) is 0. The maximum Gasteiger partial charge on any atom is 0.337 e. The number of nitrogens with one attached hydrogen (secondary N) is 2. The quantitative estimate of drug-likeness (QED) is 0.582. The molecule has 1 unspecified atom stereocenters. The molecule has 0 aliphatic heterocycles. The third-order valence-corrected chi connectivity index (χ3v) is 2.45. The molecule has 0 heterocycles. The zero-order chi connectivity index (χ0) is 13.7. The second kappa shape index (κ2) is 5.90. The molecule has 0 saturated carbocycles. The maximum atomic E-state index is 11.5. The van der Waals surface area contributed by atoms with Crippen LogP contribution in [-0.4, -0.2) is 29.6 Å². The number of anilines is 2. The van der Waals surface area contributed by atoms with E-state index >= 15 is 0 Å². The number of hydrogen-bond donors (Lipinski definition) is 4. The Morgan fingerprint density at radius 2 is 2.11 bits per heavy atom. The average molecular weight is 251 g/mol.